The number of nitrogens with zero attached hydrogens (tertiary/aromatic N) is 2. The number of allylic oxidation sites excluding steroid dienone is 1. The van der Waals surface area contributed by atoms with Gasteiger partial charge in [0.25, 0.3) is 0 Å². The maximum atomic E-state index is 4.22. The van der Waals surface area contributed by atoms with Gasteiger partial charge in [-0.2, -0.15) is 0 Å². The van der Waals surface area contributed by atoms with Crippen LogP contribution in [0.1, 0.15) is 30.0 Å². The minimum absolute atomic E-state index is 1.08. The molecule has 0 fully saturated rings. The topological polar surface area (TPSA) is 16.1 Å². The van der Waals surface area contributed by atoms with E-state index < -0.39 is 0 Å². The zero-order chi connectivity index (χ0) is 12.1. The van der Waals surface area contributed by atoms with Crippen LogP contribution in [0.15, 0.2) is 18.5 Å². The van der Waals surface area contributed by atoms with Crippen molar-refractivity contribution in [1.29, 1.82) is 0 Å². The molecule has 0 atom stereocenters. The summed E-state index contributed by atoms with van der Waals surface area (Å²) in [5.41, 5.74) is 5.34. The zero-order valence-electron chi connectivity index (χ0n) is 11.0. The molecule has 0 aromatic carbocycles. The first kappa shape index (κ1) is 12.9. The summed E-state index contributed by atoms with van der Waals surface area (Å²) in [7, 11) is 4.22. The first-order chi connectivity index (χ1) is 7.56. The normalized spacial score (nSPS) is 12.2. The summed E-state index contributed by atoms with van der Waals surface area (Å²) in [6.45, 7) is 7.47. The fourth-order valence-electron chi connectivity index (χ4n) is 1.97. The van der Waals surface area contributed by atoms with Crippen molar-refractivity contribution in [2.24, 2.45) is 0 Å². The van der Waals surface area contributed by atoms with Crippen molar-refractivity contribution in [2.45, 2.75) is 27.2 Å². The molecule has 1 aromatic heterocycles. The third-order valence-electron chi connectivity index (χ3n) is 2.82. The summed E-state index contributed by atoms with van der Waals surface area (Å²) in [5, 5.41) is 0. The fraction of sp³-hybridized carbons (Fsp3) is 0.500. The molecule has 0 spiro atoms. The highest BCUT2D eigenvalue weighted by molar-refractivity contribution is 5.70. The maximum absolute atomic E-state index is 4.22. The fourth-order valence-corrected chi connectivity index (χ4v) is 1.97. The summed E-state index contributed by atoms with van der Waals surface area (Å²) in [5.74, 6) is 0. The van der Waals surface area contributed by atoms with Crippen molar-refractivity contribution in [3.05, 3.63) is 35.2 Å². The van der Waals surface area contributed by atoms with Gasteiger partial charge in [-0.05, 0) is 63.6 Å². The Balaban J connectivity index is 2.96. The summed E-state index contributed by atoms with van der Waals surface area (Å²) in [6.07, 6.45) is 7.21. The molecule has 88 valence electrons. The third-order valence-corrected chi connectivity index (χ3v) is 2.82. The molecule has 0 unspecified atom stereocenters. The van der Waals surface area contributed by atoms with Crippen molar-refractivity contribution in [3.63, 3.8) is 0 Å². The molecule has 1 rings (SSSR count). The second-order valence-electron chi connectivity index (χ2n) is 4.52. The van der Waals surface area contributed by atoms with Crippen LogP contribution in [0, 0.1) is 13.8 Å². The van der Waals surface area contributed by atoms with E-state index >= 15 is 0 Å². The lowest BCUT2D eigenvalue weighted by atomic mass is 9.95. The van der Waals surface area contributed by atoms with Gasteiger partial charge in [-0.1, -0.05) is 6.08 Å². The van der Waals surface area contributed by atoms with Crippen LogP contribution in [-0.2, 0) is 0 Å². The minimum Gasteiger partial charge on any atom is -0.309 e. The van der Waals surface area contributed by atoms with E-state index in [1.165, 1.54) is 22.3 Å². The lowest BCUT2D eigenvalue weighted by molar-refractivity contribution is 0.419. The molecule has 0 bridgehead atoms. The van der Waals surface area contributed by atoms with Crippen molar-refractivity contribution >= 4 is 5.57 Å². The Hall–Kier alpha value is -1.15. The van der Waals surface area contributed by atoms with E-state index in [-0.39, 0.29) is 0 Å². The molecule has 2 heteroatoms. The van der Waals surface area contributed by atoms with Gasteiger partial charge in [-0.25, -0.2) is 0 Å². The largest absolute Gasteiger partial charge is 0.309 e. The average molecular weight is 218 g/mol. The summed E-state index contributed by atoms with van der Waals surface area (Å²) in [6, 6.07) is 0. The highest BCUT2D eigenvalue weighted by Crippen LogP contribution is 2.24. The van der Waals surface area contributed by atoms with E-state index in [1.54, 1.807) is 0 Å². The Bertz CT molecular complexity index is 358. The second-order valence-corrected chi connectivity index (χ2v) is 4.52. The van der Waals surface area contributed by atoms with Crippen LogP contribution in [0.4, 0.5) is 0 Å². The van der Waals surface area contributed by atoms with E-state index in [9.17, 15) is 0 Å². The number of rotatable bonds is 4. The monoisotopic (exact) mass is 218 g/mol. The number of hydrogen-bond donors (Lipinski definition) is 0. The van der Waals surface area contributed by atoms with Gasteiger partial charge < -0.3 is 4.90 Å². The van der Waals surface area contributed by atoms with Crippen molar-refractivity contribution in [3.8, 4) is 0 Å². The van der Waals surface area contributed by atoms with Crippen molar-refractivity contribution in [2.75, 3.05) is 20.6 Å². The Morgan fingerprint density at radius 1 is 1.25 bits per heavy atom. The van der Waals surface area contributed by atoms with Crippen molar-refractivity contribution in [1.82, 2.24) is 9.88 Å². The van der Waals surface area contributed by atoms with Crippen LogP contribution < -0.4 is 0 Å². The Morgan fingerprint density at radius 2 is 1.81 bits per heavy atom. The van der Waals surface area contributed by atoms with Gasteiger partial charge in [0.15, 0.2) is 0 Å². The van der Waals surface area contributed by atoms with Gasteiger partial charge in [-0.3, -0.25) is 4.98 Å². The summed E-state index contributed by atoms with van der Waals surface area (Å²) >= 11 is 0. The number of aryl methyl sites for hydroxylation is 2. The van der Waals surface area contributed by atoms with Gasteiger partial charge in [0, 0.05) is 18.9 Å². The highest BCUT2D eigenvalue weighted by atomic mass is 15.0. The quantitative estimate of drug-likeness (QED) is 0.772. The van der Waals surface area contributed by atoms with E-state index in [4.69, 9.17) is 0 Å². The molecule has 0 N–H and O–H groups in total. The molecule has 1 aromatic rings. The summed E-state index contributed by atoms with van der Waals surface area (Å²) < 4.78 is 0. The van der Waals surface area contributed by atoms with Gasteiger partial charge in [0.2, 0.25) is 0 Å². The Morgan fingerprint density at radius 3 is 2.25 bits per heavy atom. The van der Waals surface area contributed by atoms with Crippen LogP contribution >= 0.6 is 0 Å². The molecule has 16 heavy (non-hydrogen) atoms. The first-order valence-corrected chi connectivity index (χ1v) is 5.77. The van der Waals surface area contributed by atoms with Gasteiger partial charge in [0.05, 0.1) is 0 Å². The Kier molecular flexibility index (Phi) is 4.69. The van der Waals surface area contributed by atoms with Crippen molar-refractivity contribution < 1.29 is 0 Å². The maximum Gasteiger partial charge on any atom is 0.0303 e. The van der Waals surface area contributed by atoms with E-state index in [2.05, 4.69) is 50.8 Å². The standard InChI is InChI=1S/C14H22N2/c1-6-13(7-8-16(4)5)14-11(2)9-15-10-12(14)3/h6,9-10H,7-8H2,1-5H3/b13-6-. The molecule has 0 aliphatic rings. The average Bonchev–Trinajstić information content (AvgIpc) is 2.22. The van der Waals surface area contributed by atoms with Gasteiger partial charge >= 0.3 is 0 Å². The molecule has 0 aliphatic carbocycles. The minimum atomic E-state index is 1.08. The van der Waals surface area contributed by atoms with Gasteiger partial charge in [0.1, 0.15) is 0 Å². The third kappa shape index (κ3) is 3.17. The second kappa shape index (κ2) is 5.80. The first-order valence-electron chi connectivity index (χ1n) is 5.77. The Labute approximate surface area is 99.0 Å². The summed E-state index contributed by atoms with van der Waals surface area (Å²) in [4.78, 5) is 6.44. The molecule has 0 saturated heterocycles. The molecule has 1 heterocycles. The van der Waals surface area contributed by atoms with Crippen LogP contribution in [0.25, 0.3) is 5.57 Å². The molecular weight excluding hydrogens is 196 g/mol. The predicted octanol–water partition coefficient (Wildman–Crippen LogP) is 3.05. The molecule has 0 amide bonds. The molecule has 0 radical (unpaired) electrons. The zero-order valence-corrected chi connectivity index (χ0v) is 11.0. The number of pyridine rings is 1. The number of aromatic nitrogens is 1. The highest BCUT2D eigenvalue weighted by Gasteiger charge is 2.08. The van der Waals surface area contributed by atoms with E-state index in [1.807, 2.05) is 12.4 Å². The predicted molar refractivity (Wildman–Crippen MR) is 70.5 cm³/mol. The lowest BCUT2D eigenvalue weighted by Crippen LogP contribution is -2.13. The van der Waals surface area contributed by atoms with E-state index in [0.717, 1.165) is 13.0 Å². The SMILES string of the molecule is C/C=C(/CCN(C)C)c1c(C)cncc1C. The lowest BCUT2D eigenvalue weighted by Gasteiger charge is -2.15. The van der Waals surface area contributed by atoms with Crippen LogP contribution in [0.3, 0.4) is 0 Å². The van der Waals surface area contributed by atoms with Crippen LogP contribution in [0.5, 0.6) is 0 Å². The van der Waals surface area contributed by atoms with E-state index in [0.29, 0.717) is 0 Å². The molecule has 2 nitrogen and oxygen atoms in total. The number of hydrogen-bond acceptors (Lipinski definition) is 2. The van der Waals surface area contributed by atoms with Gasteiger partial charge in [-0.15, -0.1) is 0 Å². The molecule has 0 saturated carbocycles. The molecule has 0 aliphatic heterocycles. The van der Waals surface area contributed by atoms with Crippen LogP contribution in [0.2, 0.25) is 0 Å². The van der Waals surface area contributed by atoms with Crippen LogP contribution in [-0.4, -0.2) is 30.5 Å². The molecular formula is C14H22N2. The smallest absolute Gasteiger partial charge is 0.0303 e.